The van der Waals surface area contributed by atoms with Crippen LogP contribution < -0.4 is 0 Å². The van der Waals surface area contributed by atoms with Crippen molar-refractivity contribution >= 4 is 0 Å². The maximum Gasteiger partial charge on any atom is 0 e. The molecule has 0 aliphatic heterocycles. The summed E-state index contributed by atoms with van der Waals surface area (Å²) >= 11 is 0. The monoisotopic (exact) mass is 281 g/mol. The smallest absolute Gasteiger partial charge is 0 e. The predicted octanol–water partition coefficient (Wildman–Crippen LogP) is 3.92. The molecule has 0 atom stereocenters. The number of allylic oxidation sites excluding steroid dienone is 4. The van der Waals surface area contributed by atoms with E-state index in [-0.39, 0.29) is 55.9 Å². The van der Waals surface area contributed by atoms with Gasteiger partial charge in [-0.15, -0.1) is 12.6 Å². The third-order valence-corrected chi connectivity index (χ3v) is 1.03. The molecule has 0 radical (unpaired) electrons. The maximum absolute atomic E-state index is 2.99. The van der Waals surface area contributed by atoms with Gasteiger partial charge in [0.05, 0.1) is 0 Å². The number of aromatic amines is 1. The van der Waals surface area contributed by atoms with E-state index in [1.165, 1.54) is 0 Å². The molecule has 1 N–H and O–H groups in total. The van der Waals surface area contributed by atoms with Gasteiger partial charge in [0.1, 0.15) is 0 Å². The molecule has 2 heteroatoms. The van der Waals surface area contributed by atoms with Gasteiger partial charge in [0, 0.05) is 26.2 Å². The minimum absolute atomic E-state index is 0. The fraction of sp³-hybridized carbons (Fsp3) is 0.0769. The Morgan fingerprint density at radius 2 is 1.73 bits per heavy atom. The van der Waals surface area contributed by atoms with Crippen LogP contribution in [0.5, 0.6) is 0 Å². The van der Waals surface area contributed by atoms with Gasteiger partial charge in [0.25, 0.3) is 0 Å². The first-order chi connectivity index (χ1) is 5.00. The van der Waals surface area contributed by atoms with Crippen LogP contribution in [0.1, 0.15) is 6.42 Å². The zero-order valence-electron chi connectivity index (χ0n) is 10.2. The van der Waals surface area contributed by atoms with Crippen LogP contribution in [0.3, 0.4) is 0 Å². The summed E-state index contributed by atoms with van der Waals surface area (Å²) in [6, 6.07) is 3.71. The zero-order valence-corrected chi connectivity index (χ0v) is 12.6. The molecular formula is C13H21NZr-6. The Bertz CT molecular complexity index is 173. The second-order valence-corrected chi connectivity index (χ2v) is 1.82. The Hall–Kier alpha value is -0.357. The van der Waals surface area contributed by atoms with Crippen molar-refractivity contribution in [3.05, 3.63) is 78.5 Å². The first-order valence-electron chi connectivity index (χ1n) is 3.21. The Morgan fingerprint density at radius 1 is 1.07 bits per heavy atom. The van der Waals surface area contributed by atoms with Gasteiger partial charge in [-0.25, -0.2) is 12.2 Å². The summed E-state index contributed by atoms with van der Waals surface area (Å²) < 4.78 is 0. The molecule has 0 saturated heterocycles. The molecule has 2 rings (SSSR count). The topological polar surface area (TPSA) is 15.8 Å². The van der Waals surface area contributed by atoms with Crippen LogP contribution >= 0.6 is 0 Å². The van der Waals surface area contributed by atoms with Gasteiger partial charge in [-0.1, -0.05) is 0 Å². The number of hydrogen-bond donors (Lipinski definition) is 1. The molecule has 0 aromatic carbocycles. The molecule has 0 fully saturated rings. The van der Waals surface area contributed by atoms with Crippen molar-refractivity contribution in [1.29, 1.82) is 0 Å². The number of H-pyrrole nitrogens is 1. The van der Waals surface area contributed by atoms with Crippen LogP contribution in [0.15, 0.2) is 36.6 Å². The molecule has 1 aliphatic rings. The zero-order chi connectivity index (χ0) is 7.07. The molecule has 1 nitrogen and oxygen atoms in total. The quantitative estimate of drug-likeness (QED) is 0.694. The molecule has 0 amide bonds. The molecule has 0 saturated carbocycles. The number of rotatable bonds is 0. The Labute approximate surface area is 116 Å². The Morgan fingerprint density at radius 3 is 1.87 bits per heavy atom. The van der Waals surface area contributed by atoms with Crippen LogP contribution in [0.2, 0.25) is 0 Å². The second kappa shape index (κ2) is 23.5. The van der Waals surface area contributed by atoms with Crippen molar-refractivity contribution in [2.24, 2.45) is 0 Å². The summed E-state index contributed by atoms with van der Waals surface area (Å²) in [6.07, 6.45) is 14.6. The van der Waals surface area contributed by atoms with Crippen molar-refractivity contribution < 1.29 is 26.2 Å². The standard InChI is InChI=1S/C5H5.C4H4N.4CH3.Zr/c2*1-2-4-5-3-1;;;;;/h1-3H,4H2;1-3,5H;4*1H3;/q6*-1;. The molecule has 1 aromatic rings. The molecule has 15 heavy (non-hydrogen) atoms. The van der Waals surface area contributed by atoms with Crippen molar-refractivity contribution in [3.63, 3.8) is 0 Å². The van der Waals surface area contributed by atoms with Gasteiger partial charge in [-0.2, -0.15) is 24.4 Å². The SMILES string of the molecule is [C-]1=CC=CC1.[CH3-].[CH3-].[CH3-].[CH3-].[Zr].[c-]1ccc[nH]1. The molecule has 88 valence electrons. The van der Waals surface area contributed by atoms with Crippen LogP contribution in [-0.2, 0) is 26.2 Å². The van der Waals surface area contributed by atoms with Crippen LogP contribution in [-0.4, -0.2) is 4.98 Å². The van der Waals surface area contributed by atoms with Crippen molar-refractivity contribution in [2.45, 2.75) is 6.42 Å². The fourth-order valence-corrected chi connectivity index (χ4v) is 0.581. The number of aromatic nitrogens is 1. The number of nitrogens with one attached hydrogen (secondary N) is 1. The minimum Gasteiger partial charge on any atom is -0.484 e. The summed E-state index contributed by atoms with van der Waals surface area (Å²) in [5.41, 5.74) is 0. The Balaban J connectivity index is -0.0000000333. The largest absolute Gasteiger partial charge is 0.484 e. The van der Waals surface area contributed by atoms with E-state index in [0.29, 0.717) is 0 Å². The van der Waals surface area contributed by atoms with Gasteiger partial charge in [-0.3, -0.25) is 6.08 Å². The molecule has 1 aromatic heterocycles. The summed E-state index contributed by atoms with van der Waals surface area (Å²) in [6.45, 7) is 0. The Kier molecular flexibility index (Phi) is 45.8. The van der Waals surface area contributed by atoms with E-state index in [1.54, 1.807) is 0 Å². The van der Waals surface area contributed by atoms with E-state index in [9.17, 15) is 0 Å². The third-order valence-electron chi connectivity index (χ3n) is 1.03. The number of hydrogen-bond acceptors (Lipinski definition) is 0. The summed E-state index contributed by atoms with van der Waals surface area (Å²) in [7, 11) is 0. The van der Waals surface area contributed by atoms with E-state index in [4.69, 9.17) is 0 Å². The van der Waals surface area contributed by atoms with Gasteiger partial charge < -0.3 is 34.7 Å². The van der Waals surface area contributed by atoms with Crippen molar-refractivity contribution in [2.75, 3.05) is 0 Å². The normalized spacial score (nSPS) is 8.53. The fourth-order valence-electron chi connectivity index (χ4n) is 0.581. The molecule has 1 heterocycles. The minimum atomic E-state index is 0. The van der Waals surface area contributed by atoms with E-state index >= 15 is 0 Å². The van der Waals surface area contributed by atoms with E-state index < -0.39 is 0 Å². The van der Waals surface area contributed by atoms with Crippen LogP contribution in [0.4, 0.5) is 0 Å². The van der Waals surface area contributed by atoms with Gasteiger partial charge in [0.15, 0.2) is 0 Å². The third kappa shape index (κ3) is 19.9. The van der Waals surface area contributed by atoms with E-state index in [1.807, 2.05) is 30.5 Å². The first-order valence-corrected chi connectivity index (χ1v) is 3.21. The predicted molar refractivity (Wildman–Crippen MR) is 66.9 cm³/mol. The molecule has 1 aliphatic carbocycles. The molecule has 0 spiro atoms. The summed E-state index contributed by atoms with van der Waals surface area (Å²) in [5, 5.41) is 0. The van der Waals surface area contributed by atoms with E-state index in [0.717, 1.165) is 6.42 Å². The summed E-state index contributed by atoms with van der Waals surface area (Å²) in [4.78, 5) is 2.74. The van der Waals surface area contributed by atoms with Gasteiger partial charge in [0.2, 0.25) is 0 Å². The van der Waals surface area contributed by atoms with Crippen molar-refractivity contribution in [1.82, 2.24) is 4.98 Å². The summed E-state index contributed by atoms with van der Waals surface area (Å²) in [5.74, 6) is 0. The maximum atomic E-state index is 2.99. The van der Waals surface area contributed by atoms with Crippen molar-refractivity contribution in [3.8, 4) is 0 Å². The van der Waals surface area contributed by atoms with Crippen LogP contribution in [0, 0.1) is 42.0 Å². The van der Waals surface area contributed by atoms with E-state index in [2.05, 4.69) is 23.3 Å². The molecule has 0 bridgehead atoms. The molecule has 0 unspecified atom stereocenters. The van der Waals surface area contributed by atoms with Crippen LogP contribution in [0.25, 0.3) is 0 Å². The second-order valence-electron chi connectivity index (χ2n) is 1.82. The average molecular weight is 283 g/mol. The van der Waals surface area contributed by atoms with Gasteiger partial charge >= 0.3 is 0 Å². The average Bonchev–Trinajstić information content (AvgIpc) is 2.67. The molecular weight excluding hydrogens is 261 g/mol. The van der Waals surface area contributed by atoms with Gasteiger partial charge in [-0.05, 0) is 0 Å². The first kappa shape index (κ1) is 29.3.